The third-order valence-electron chi connectivity index (χ3n) is 5.28. The minimum atomic E-state index is -0.315. The van der Waals surface area contributed by atoms with E-state index in [-0.39, 0.29) is 12.4 Å². The number of rotatable bonds is 4. The average molecular weight is 372 g/mol. The summed E-state index contributed by atoms with van der Waals surface area (Å²) in [6, 6.07) is 9.38. The van der Waals surface area contributed by atoms with Crippen LogP contribution in [0.25, 0.3) is 0 Å². The number of hydrogen-bond acceptors (Lipinski definition) is 6. The first-order chi connectivity index (χ1) is 13.3. The molecule has 4 rings (SSSR count). The van der Waals surface area contributed by atoms with E-state index < -0.39 is 0 Å². The fraction of sp³-hybridized carbons (Fsp3) is 0.450. The van der Waals surface area contributed by atoms with E-state index in [1.54, 1.807) is 18.2 Å². The fourth-order valence-corrected chi connectivity index (χ4v) is 3.68. The van der Waals surface area contributed by atoms with Crippen molar-refractivity contribution in [1.29, 1.82) is 0 Å². The Balaban J connectivity index is 1.39. The zero-order chi connectivity index (χ0) is 18.6. The number of aromatic nitrogens is 1. The maximum Gasteiger partial charge on any atom is 0.151 e. The van der Waals surface area contributed by atoms with Gasteiger partial charge >= 0.3 is 0 Å². The number of ether oxygens (including phenoxy) is 1. The van der Waals surface area contributed by atoms with Crippen LogP contribution >= 0.6 is 0 Å². The Bertz CT molecular complexity index is 757. The van der Waals surface area contributed by atoms with Gasteiger partial charge in [-0.1, -0.05) is 12.1 Å². The van der Waals surface area contributed by atoms with Crippen molar-refractivity contribution in [3.8, 4) is 0 Å². The van der Waals surface area contributed by atoms with Crippen LogP contribution in [0, 0.1) is 5.82 Å². The lowest BCUT2D eigenvalue weighted by atomic mass is 10.1. The Kier molecular flexibility index (Phi) is 5.40. The molecule has 1 aromatic heterocycles. The van der Waals surface area contributed by atoms with Gasteiger partial charge in [0.05, 0.1) is 37.4 Å². The number of halogens is 1. The molecule has 0 radical (unpaired) electrons. The lowest BCUT2D eigenvalue weighted by Gasteiger charge is -2.37. The number of hydrogen-bond donors (Lipinski definition) is 1. The van der Waals surface area contributed by atoms with Gasteiger partial charge in [0, 0.05) is 44.8 Å². The molecule has 2 fully saturated rings. The summed E-state index contributed by atoms with van der Waals surface area (Å²) in [6.07, 6.45) is 1.92. The summed E-state index contributed by atoms with van der Waals surface area (Å²) in [5.41, 5.74) is 2.01. The first kappa shape index (κ1) is 18.0. The molecule has 2 aromatic rings. The van der Waals surface area contributed by atoms with Crippen molar-refractivity contribution in [2.75, 3.05) is 67.2 Å². The highest BCUT2D eigenvalue weighted by atomic mass is 19.1. The summed E-state index contributed by atoms with van der Waals surface area (Å²) in [4.78, 5) is 11.2. The van der Waals surface area contributed by atoms with E-state index in [2.05, 4.69) is 26.9 Å². The number of benzene rings is 1. The van der Waals surface area contributed by atoms with Crippen LogP contribution < -0.4 is 14.7 Å². The number of piperazine rings is 1. The van der Waals surface area contributed by atoms with Crippen molar-refractivity contribution in [2.45, 2.75) is 6.61 Å². The van der Waals surface area contributed by atoms with Crippen molar-refractivity contribution in [2.24, 2.45) is 0 Å². The van der Waals surface area contributed by atoms with E-state index in [1.165, 1.54) is 0 Å². The normalized spacial score (nSPS) is 18.1. The second-order valence-electron chi connectivity index (χ2n) is 6.86. The summed E-state index contributed by atoms with van der Waals surface area (Å²) in [5.74, 6) is 0.675. The zero-order valence-corrected chi connectivity index (χ0v) is 15.4. The maximum absolute atomic E-state index is 14.5. The molecule has 1 N–H and O–H groups in total. The van der Waals surface area contributed by atoms with Crippen LogP contribution in [0.2, 0.25) is 0 Å². The Morgan fingerprint density at radius 1 is 0.926 bits per heavy atom. The van der Waals surface area contributed by atoms with Crippen molar-refractivity contribution in [3.63, 3.8) is 0 Å². The molecule has 0 atom stereocenters. The van der Waals surface area contributed by atoms with E-state index in [1.807, 2.05) is 11.1 Å². The van der Waals surface area contributed by atoms with Gasteiger partial charge in [-0.05, 0) is 18.2 Å². The molecule has 2 aliphatic heterocycles. The fourth-order valence-electron chi connectivity index (χ4n) is 3.68. The molecule has 7 heteroatoms. The molecule has 144 valence electrons. The molecule has 6 nitrogen and oxygen atoms in total. The highest BCUT2D eigenvalue weighted by Gasteiger charge is 2.21. The number of aliphatic hydroxyl groups is 1. The molecular formula is C20H25FN4O2. The van der Waals surface area contributed by atoms with Gasteiger partial charge in [0.1, 0.15) is 5.82 Å². The predicted octanol–water partition coefficient (Wildman–Crippen LogP) is 1.88. The smallest absolute Gasteiger partial charge is 0.151 e. The lowest BCUT2D eigenvalue weighted by Crippen LogP contribution is -2.47. The largest absolute Gasteiger partial charge is 0.392 e. The first-order valence-electron chi connectivity index (χ1n) is 9.43. The van der Waals surface area contributed by atoms with E-state index in [0.29, 0.717) is 11.3 Å². The minimum Gasteiger partial charge on any atom is -0.392 e. The highest BCUT2D eigenvalue weighted by molar-refractivity contribution is 5.55. The average Bonchev–Trinajstić information content (AvgIpc) is 2.75. The van der Waals surface area contributed by atoms with E-state index in [9.17, 15) is 9.50 Å². The third kappa shape index (κ3) is 3.84. The molecule has 0 saturated carbocycles. The summed E-state index contributed by atoms with van der Waals surface area (Å²) in [6.45, 7) is 6.06. The van der Waals surface area contributed by atoms with E-state index in [4.69, 9.17) is 4.74 Å². The number of aliphatic hydroxyl groups excluding tert-OH is 1. The molecule has 0 amide bonds. The summed E-state index contributed by atoms with van der Waals surface area (Å²) in [7, 11) is 0. The Morgan fingerprint density at radius 3 is 2.33 bits per heavy atom. The Labute approximate surface area is 158 Å². The van der Waals surface area contributed by atoms with Gasteiger partial charge in [0.2, 0.25) is 0 Å². The van der Waals surface area contributed by atoms with E-state index in [0.717, 1.165) is 64.0 Å². The van der Waals surface area contributed by atoms with Crippen LogP contribution in [-0.4, -0.2) is 62.6 Å². The van der Waals surface area contributed by atoms with Gasteiger partial charge in [-0.25, -0.2) is 9.37 Å². The van der Waals surface area contributed by atoms with Gasteiger partial charge in [-0.2, -0.15) is 0 Å². The van der Waals surface area contributed by atoms with Gasteiger partial charge in [-0.15, -0.1) is 0 Å². The minimum absolute atomic E-state index is 0.277. The molecule has 1 aromatic carbocycles. The predicted molar refractivity (Wildman–Crippen MR) is 104 cm³/mol. The molecule has 3 heterocycles. The van der Waals surface area contributed by atoms with E-state index >= 15 is 0 Å². The van der Waals surface area contributed by atoms with Crippen LogP contribution in [0.3, 0.4) is 0 Å². The monoisotopic (exact) mass is 372 g/mol. The molecule has 0 bridgehead atoms. The topological polar surface area (TPSA) is 52.1 Å². The second kappa shape index (κ2) is 8.10. The van der Waals surface area contributed by atoms with Crippen molar-refractivity contribution in [1.82, 2.24) is 4.98 Å². The molecule has 0 aliphatic carbocycles. The Hall–Kier alpha value is -2.38. The van der Waals surface area contributed by atoms with Gasteiger partial charge < -0.3 is 24.5 Å². The van der Waals surface area contributed by atoms with Crippen LogP contribution in [0.1, 0.15) is 5.56 Å². The van der Waals surface area contributed by atoms with Gasteiger partial charge in [0.15, 0.2) is 5.82 Å². The summed E-state index contributed by atoms with van der Waals surface area (Å²) < 4.78 is 19.8. The van der Waals surface area contributed by atoms with Crippen molar-refractivity contribution >= 4 is 17.2 Å². The standard InChI is InChI=1S/C20H25FN4O2/c21-20-16(15-26)2-1-3-18(20)24-8-6-23(7-9-24)17-4-5-19(22-14-17)25-10-12-27-13-11-25/h1-5,14,26H,6-13,15H2. The second-order valence-corrected chi connectivity index (χ2v) is 6.86. The number of pyridine rings is 1. The molecule has 0 spiro atoms. The molecule has 0 unspecified atom stereocenters. The lowest BCUT2D eigenvalue weighted by molar-refractivity contribution is 0.122. The summed E-state index contributed by atoms with van der Waals surface area (Å²) in [5, 5.41) is 9.26. The maximum atomic E-state index is 14.5. The van der Waals surface area contributed by atoms with Gasteiger partial charge in [0.25, 0.3) is 0 Å². The number of nitrogens with zero attached hydrogens (tertiary/aromatic N) is 4. The highest BCUT2D eigenvalue weighted by Crippen LogP contribution is 2.25. The Morgan fingerprint density at radius 2 is 1.67 bits per heavy atom. The van der Waals surface area contributed by atoms with Gasteiger partial charge in [-0.3, -0.25) is 0 Å². The van der Waals surface area contributed by atoms with Crippen molar-refractivity contribution < 1.29 is 14.2 Å². The SMILES string of the molecule is OCc1cccc(N2CCN(c3ccc(N4CCOCC4)nc3)CC2)c1F. The molecule has 2 aliphatic rings. The number of anilines is 3. The molecular weight excluding hydrogens is 347 g/mol. The summed E-state index contributed by atoms with van der Waals surface area (Å²) >= 11 is 0. The van der Waals surface area contributed by atoms with Crippen LogP contribution in [0.15, 0.2) is 36.5 Å². The number of morpholine rings is 1. The zero-order valence-electron chi connectivity index (χ0n) is 15.4. The first-order valence-corrected chi connectivity index (χ1v) is 9.43. The van der Waals surface area contributed by atoms with Crippen molar-refractivity contribution in [3.05, 3.63) is 47.9 Å². The van der Waals surface area contributed by atoms with Crippen LogP contribution in [0.5, 0.6) is 0 Å². The van der Waals surface area contributed by atoms with Crippen LogP contribution in [0.4, 0.5) is 21.6 Å². The third-order valence-corrected chi connectivity index (χ3v) is 5.28. The van der Waals surface area contributed by atoms with Crippen LogP contribution in [-0.2, 0) is 11.3 Å². The molecule has 2 saturated heterocycles. The quantitative estimate of drug-likeness (QED) is 0.885. The molecule has 27 heavy (non-hydrogen) atoms.